The number of aryl methyl sites for hydroxylation is 1. The van der Waals surface area contributed by atoms with Crippen molar-refractivity contribution >= 4 is 11.8 Å². The summed E-state index contributed by atoms with van der Waals surface area (Å²) in [6, 6.07) is 9.23. The fourth-order valence-corrected chi connectivity index (χ4v) is 2.01. The van der Waals surface area contributed by atoms with Crippen molar-refractivity contribution in [3.8, 4) is 0 Å². The van der Waals surface area contributed by atoms with Crippen molar-refractivity contribution in [1.82, 2.24) is 15.1 Å². The first-order valence-corrected chi connectivity index (χ1v) is 7.63. The Morgan fingerprint density at radius 1 is 1.35 bits per heavy atom. The van der Waals surface area contributed by atoms with Crippen molar-refractivity contribution in [2.75, 3.05) is 5.32 Å². The molecule has 0 unspecified atom stereocenters. The first-order valence-electron chi connectivity index (χ1n) is 7.63. The van der Waals surface area contributed by atoms with Crippen molar-refractivity contribution in [3.05, 3.63) is 47.7 Å². The topological polar surface area (TPSA) is 79.2 Å². The lowest BCUT2D eigenvalue weighted by atomic mass is 10.0. The van der Waals surface area contributed by atoms with Crippen molar-refractivity contribution in [2.24, 2.45) is 0 Å². The first kappa shape index (κ1) is 17.0. The van der Waals surface area contributed by atoms with Gasteiger partial charge in [0, 0.05) is 11.8 Å². The van der Waals surface area contributed by atoms with E-state index in [1.807, 2.05) is 43.5 Å². The van der Waals surface area contributed by atoms with E-state index >= 15 is 0 Å². The Labute approximate surface area is 136 Å². The number of hydrogen-bond donors (Lipinski definition) is 3. The molecule has 0 aliphatic heterocycles. The van der Waals surface area contributed by atoms with Crippen LogP contribution in [0.15, 0.2) is 36.5 Å². The Kier molecular flexibility index (Phi) is 5.05. The van der Waals surface area contributed by atoms with Gasteiger partial charge < -0.3 is 10.4 Å². The van der Waals surface area contributed by atoms with Crippen LogP contribution in [0, 0.1) is 6.92 Å². The molecule has 0 radical (unpaired) electrons. The molecule has 1 aromatic carbocycles. The Morgan fingerprint density at radius 3 is 2.61 bits per heavy atom. The van der Waals surface area contributed by atoms with E-state index in [4.69, 9.17) is 0 Å². The van der Waals surface area contributed by atoms with Crippen LogP contribution in [0.1, 0.15) is 31.9 Å². The Balaban J connectivity index is 2.00. The number of urea groups is 1. The zero-order valence-corrected chi connectivity index (χ0v) is 14.0. The number of hydrogen-bond acceptors (Lipinski definition) is 3. The molecule has 0 bridgehead atoms. The molecule has 6 nitrogen and oxygen atoms in total. The molecular weight excluding hydrogens is 292 g/mol. The van der Waals surface area contributed by atoms with E-state index in [-0.39, 0.29) is 12.1 Å². The summed E-state index contributed by atoms with van der Waals surface area (Å²) in [5.41, 5.74) is 1.03. The molecule has 0 fully saturated rings. The third kappa shape index (κ3) is 4.82. The van der Waals surface area contributed by atoms with Crippen molar-refractivity contribution in [1.29, 1.82) is 0 Å². The van der Waals surface area contributed by atoms with Gasteiger partial charge >= 0.3 is 6.03 Å². The van der Waals surface area contributed by atoms with E-state index < -0.39 is 5.60 Å². The predicted molar refractivity (Wildman–Crippen MR) is 90.4 cm³/mol. The van der Waals surface area contributed by atoms with Gasteiger partial charge in [0.1, 0.15) is 0 Å². The molecule has 23 heavy (non-hydrogen) atoms. The third-order valence-electron chi connectivity index (χ3n) is 3.77. The van der Waals surface area contributed by atoms with Crippen LogP contribution in [0.4, 0.5) is 10.6 Å². The zero-order valence-electron chi connectivity index (χ0n) is 14.0. The van der Waals surface area contributed by atoms with Crippen LogP contribution in [0.2, 0.25) is 0 Å². The van der Waals surface area contributed by atoms with Gasteiger partial charge in [-0.15, -0.1) is 0 Å². The minimum absolute atomic E-state index is 0.380. The number of nitrogens with one attached hydrogen (secondary N) is 2. The summed E-state index contributed by atoms with van der Waals surface area (Å²) in [6.45, 7) is 7.59. The van der Waals surface area contributed by atoms with Crippen LogP contribution in [0.25, 0.3) is 0 Å². The average molecular weight is 316 g/mol. The maximum atomic E-state index is 12.0. The molecule has 1 aromatic heterocycles. The quantitative estimate of drug-likeness (QED) is 0.793. The van der Waals surface area contributed by atoms with Gasteiger partial charge in [0.05, 0.1) is 18.2 Å². The number of anilines is 1. The molecular formula is C17H24N4O2. The van der Waals surface area contributed by atoms with Gasteiger partial charge in [-0.3, -0.25) is 10.00 Å². The molecule has 0 saturated carbocycles. The van der Waals surface area contributed by atoms with Gasteiger partial charge in [0.25, 0.3) is 0 Å². The van der Waals surface area contributed by atoms with E-state index in [0.717, 1.165) is 11.1 Å². The van der Waals surface area contributed by atoms with E-state index in [9.17, 15) is 9.90 Å². The van der Waals surface area contributed by atoms with Gasteiger partial charge in [-0.05, 0) is 33.3 Å². The first-order chi connectivity index (χ1) is 10.8. The van der Waals surface area contributed by atoms with Crippen LogP contribution in [-0.2, 0) is 6.54 Å². The largest absolute Gasteiger partial charge is 0.388 e. The molecule has 2 aromatic rings. The molecule has 2 amide bonds. The van der Waals surface area contributed by atoms with Crippen LogP contribution in [0.3, 0.4) is 0 Å². The summed E-state index contributed by atoms with van der Waals surface area (Å²) < 4.78 is 1.79. The van der Waals surface area contributed by atoms with Crippen molar-refractivity contribution in [3.63, 3.8) is 0 Å². The van der Waals surface area contributed by atoms with Gasteiger partial charge in [0.15, 0.2) is 5.82 Å². The molecule has 2 rings (SSSR count). The number of carbonyl (C=O) groups excluding carboxylic acids is 1. The van der Waals surface area contributed by atoms with Gasteiger partial charge in [-0.2, -0.15) is 5.10 Å². The summed E-state index contributed by atoms with van der Waals surface area (Å²) in [4.78, 5) is 12.0. The van der Waals surface area contributed by atoms with Crippen LogP contribution in [0.5, 0.6) is 0 Å². The molecule has 3 N–H and O–H groups in total. The zero-order chi connectivity index (χ0) is 17.0. The van der Waals surface area contributed by atoms with Gasteiger partial charge in [-0.1, -0.05) is 30.3 Å². The van der Waals surface area contributed by atoms with Crippen LogP contribution >= 0.6 is 0 Å². The highest BCUT2D eigenvalue weighted by Gasteiger charge is 2.24. The Morgan fingerprint density at radius 2 is 2.00 bits per heavy atom. The average Bonchev–Trinajstić information content (AvgIpc) is 2.78. The third-order valence-corrected chi connectivity index (χ3v) is 3.77. The second-order valence-corrected chi connectivity index (χ2v) is 6.32. The molecule has 124 valence electrons. The highest BCUT2D eigenvalue weighted by Crippen LogP contribution is 2.13. The lowest BCUT2D eigenvalue weighted by Gasteiger charge is -2.26. The Hall–Kier alpha value is -2.34. The molecule has 0 saturated heterocycles. The van der Waals surface area contributed by atoms with Crippen molar-refractivity contribution in [2.45, 2.75) is 45.9 Å². The number of aromatic nitrogens is 2. The number of nitrogens with zero attached hydrogens (tertiary/aromatic N) is 2. The smallest absolute Gasteiger partial charge is 0.320 e. The van der Waals surface area contributed by atoms with Gasteiger partial charge in [-0.25, -0.2) is 4.79 Å². The maximum absolute atomic E-state index is 12.0. The molecule has 0 aliphatic rings. The lowest BCUT2D eigenvalue weighted by Crippen LogP contribution is -2.48. The maximum Gasteiger partial charge on any atom is 0.320 e. The second kappa shape index (κ2) is 6.83. The fraction of sp³-hybridized carbons (Fsp3) is 0.412. The number of aliphatic hydroxyl groups is 1. The monoisotopic (exact) mass is 316 g/mol. The predicted octanol–water partition coefficient (Wildman–Crippen LogP) is 2.52. The number of benzene rings is 1. The summed E-state index contributed by atoms with van der Waals surface area (Å²) in [6.07, 6.45) is 1.89. The summed E-state index contributed by atoms with van der Waals surface area (Å²) >= 11 is 0. The number of carbonyl (C=O) groups is 1. The van der Waals surface area contributed by atoms with E-state index in [0.29, 0.717) is 12.4 Å². The second-order valence-electron chi connectivity index (χ2n) is 6.32. The highest BCUT2D eigenvalue weighted by molar-refractivity contribution is 5.89. The van der Waals surface area contributed by atoms with E-state index in [2.05, 4.69) is 15.7 Å². The lowest BCUT2D eigenvalue weighted by molar-refractivity contribution is 0.0486. The standard InChI is InChI=1S/C17H24N4O2/c1-12-10-21(11-14-8-6-5-7-9-14)20-15(12)19-16(22)18-13(2)17(3,4)23/h5-10,13,23H,11H2,1-4H3,(H2,18,19,20,22)/t13-/m0/s1. The SMILES string of the molecule is Cc1cn(Cc2ccccc2)nc1NC(=O)N[C@@H](C)C(C)(C)O. The minimum atomic E-state index is -0.987. The molecule has 0 spiro atoms. The van der Waals surface area contributed by atoms with Gasteiger partial charge in [0.2, 0.25) is 0 Å². The Bertz CT molecular complexity index is 659. The summed E-state index contributed by atoms with van der Waals surface area (Å²) in [5.74, 6) is 0.515. The normalized spacial score (nSPS) is 12.7. The highest BCUT2D eigenvalue weighted by atomic mass is 16.3. The fourth-order valence-electron chi connectivity index (χ4n) is 2.01. The van der Waals surface area contributed by atoms with Crippen LogP contribution < -0.4 is 10.6 Å². The molecule has 0 aliphatic carbocycles. The van der Waals surface area contributed by atoms with Crippen molar-refractivity contribution < 1.29 is 9.90 Å². The van der Waals surface area contributed by atoms with Crippen LogP contribution in [-0.4, -0.2) is 32.6 Å². The van der Waals surface area contributed by atoms with E-state index in [1.54, 1.807) is 25.5 Å². The number of rotatable bonds is 5. The summed E-state index contributed by atoms with van der Waals surface area (Å²) in [5, 5.41) is 19.7. The number of amides is 2. The minimum Gasteiger partial charge on any atom is -0.388 e. The molecule has 1 atom stereocenters. The summed E-state index contributed by atoms with van der Waals surface area (Å²) in [7, 11) is 0. The molecule has 1 heterocycles. The molecule has 6 heteroatoms. The van der Waals surface area contributed by atoms with E-state index in [1.165, 1.54) is 0 Å².